The number of hydrogen-bond acceptors (Lipinski definition) is 4. The minimum atomic E-state index is -0.907. The second kappa shape index (κ2) is 11.3. The maximum atomic E-state index is 12.9. The van der Waals surface area contributed by atoms with E-state index in [1.54, 1.807) is 17.0 Å². The molecule has 0 saturated carbocycles. The topological polar surface area (TPSA) is 87.7 Å². The van der Waals surface area contributed by atoms with E-state index in [2.05, 4.69) is 10.6 Å². The van der Waals surface area contributed by atoms with Gasteiger partial charge in [0, 0.05) is 25.3 Å². The molecule has 2 aromatic carbocycles. The lowest BCUT2D eigenvalue weighted by Gasteiger charge is -2.31. The Kier molecular flexibility index (Phi) is 8.19. The van der Waals surface area contributed by atoms with Crippen LogP contribution in [0.2, 0.25) is 0 Å². The maximum Gasteiger partial charge on any atom is 0.321 e. The number of halogens is 1. The number of nitrogens with one attached hydrogen (secondary N) is 2. The van der Waals surface area contributed by atoms with Crippen molar-refractivity contribution in [3.63, 3.8) is 0 Å². The van der Waals surface area contributed by atoms with Crippen molar-refractivity contribution in [2.24, 2.45) is 5.92 Å². The SMILES string of the molecule is CC(OC(=O)C1CCN(C(=O)Nc2ccccc2)CC1)C(=O)NCCc1ccc(F)cc1. The van der Waals surface area contributed by atoms with E-state index in [-0.39, 0.29) is 23.7 Å². The van der Waals surface area contributed by atoms with Crippen LogP contribution in [0.25, 0.3) is 0 Å². The highest BCUT2D eigenvalue weighted by Gasteiger charge is 2.30. The number of esters is 1. The molecule has 0 aromatic heterocycles. The van der Waals surface area contributed by atoms with Gasteiger partial charge in [0.15, 0.2) is 6.10 Å². The first kappa shape index (κ1) is 23.2. The van der Waals surface area contributed by atoms with Crippen LogP contribution in [0, 0.1) is 11.7 Å². The summed E-state index contributed by atoms with van der Waals surface area (Å²) in [5, 5.41) is 5.56. The van der Waals surface area contributed by atoms with Crippen LogP contribution in [-0.2, 0) is 20.7 Å². The van der Waals surface area contributed by atoms with Crippen molar-refractivity contribution < 1.29 is 23.5 Å². The van der Waals surface area contributed by atoms with Crippen LogP contribution in [-0.4, -0.2) is 48.5 Å². The summed E-state index contributed by atoms with van der Waals surface area (Å²) in [5.74, 6) is -1.44. The molecule has 0 spiro atoms. The van der Waals surface area contributed by atoms with Gasteiger partial charge in [0.05, 0.1) is 5.92 Å². The standard InChI is InChI=1S/C24H28FN3O4/c1-17(22(29)26-14-11-18-7-9-20(25)10-8-18)32-23(30)19-12-15-28(16-13-19)24(31)27-21-5-3-2-4-6-21/h2-10,17,19H,11-16H2,1H3,(H,26,29)(H,27,31). The number of urea groups is 1. The highest BCUT2D eigenvalue weighted by Crippen LogP contribution is 2.20. The zero-order chi connectivity index (χ0) is 22.9. The average Bonchev–Trinajstić information content (AvgIpc) is 2.81. The molecule has 0 radical (unpaired) electrons. The van der Waals surface area contributed by atoms with E-state index in [4.69, 9.17) is 4.74 Å². The molecule has 0 bridgehead atoms. The lowest BCUT2D eigenvalue weighted by Crippen LogP contribution is -2.44. The summed E-state index contributed by atoms with van der Waals surface area (Å²) in [6.07, 6.45) is 0.617. The van der Waals surface area contributed by atoms with Gasteiger partial charge in [-0.2, -0.15) is 0 Å². The van der Waals surface area contributed by atoms with Crippen molar-refractivity contribution in [3.8, 4) is 0 Å². The van der Waals surface area contributed by atoms with Gasteiger partial charge in [0.1, 0.15) is 5.82 Å². The number of carbonyl (C=O) groups is 3. The van der Waals surface area contributed by atoms with Crippen molar-refractivity contribution in [2.75, 3.05) is 25.0 Å². The molecule has 3 amide bonds. The number of para-hydroxylation sites is 1. The maximum absolute atomic E-state index is 12.9. The molecule has 1 fully saturated rings. The van der Waals surface area contributed by atoms with Crippen LogP contribution in [0.5, 0.6) is 0 Å². The van der Waals surface area contributed by atoms with Gasteiger partial charge in [-0.25, -0.2) is 9.18 Å². The molecule has 1 aliphatic heterocycles. The predicted molar refractivity (Wildman–Crippen MR) is 118 cm³/mol. The van der Waals surface area contributed by atoms with Crippen molar-refractivity contribution in [3.05, 3.63) is 66.0 Å². The van der Waals surface area contributed by atoms with Crippen LogP contribution in [0.1, 0.15) is 25.3 Å². The number of nitrogens with zero attached hydrogens (tertiary/aromatic N) is 1. The summed E-state index contributed by atoms with van der Waals surface area (Å²) in [7, 11) is 0. The molecule has 8 heteroatoms. The lowest BCUT2D eigenvalue weighted by atomic mass is 9.97. The molecule has 2 aromatic rings. The van der Waals surface area contributed by atoms with Crippen LogP contribution in [0.15, 0.2) is 54.6 Å². The Morgan fingerprint density at radius 3 is 2.38 bits per heavy atom. The molecular formula is C24H28FN3O4. The average molecular weight is 442 g/mol. The number of amides is 3. The second-order valence-corrected chi connectivity index (χ2v) is 7.80. The van der Waals surface area contributed by atoms with Gasteiger partial charge < -0.3 is 20.3 Å². The van der Waals surface area contributed by atoms with Crippen LogP contribution in [0.3, 0.4) is 0 Å². The fourth-order valence-electron chi connectivity index (χ4n) is 3.49. The Labute approximate surface area is 186 Å². The summed E-state index contributed by atoms with van der Waals surface area (Å²) in [4.78, 5) is 38.7. The Morgan fingerprint density at radius 1 is 1.06 bits per heavy atom. The number of carbonyl (C=O) groups excluding carboxylic acids is 3. The van der Waals surface area contributed by atoms with Gasteiger partial charge in [-0.15, -0.1) is 0 Å². The second-order valence-electron chi connectivity index (χ2n) is 7.80. The normalized spacial score (nSPS) is 15.0. The van der Waals surface area contributed by atoms with Gasteiger partial charge in [0.25, 0.3) is 5.91 Å². The third-order valence-electron chi connectivity index (χ3n) is 5.43. The Hall–Kier alpha value is -3.42. The van der Waals surface area contributed by atoms with Crippen molar-refractivity contribution in [1.29, 1.82) is 0 Å². The summed E-state index contributed by atoms with van der Waals surface area (Å²) < 4.78 is 18.3. The smallest absolute Gasteiger partial charge is 0.321 e. The summed E-state index contributed by atoms with van der Waals surface area (Å²) in [5.41, 5.74) is 1.62. The third-order valence-corrected chi connectivity index (χ3v) is 5.43. The monoisotopic (exact) mass is 441 g/mol. The Bertz CT molecular complexity index is 913. The van der Waals surface area contributed by atoms with Gasteiger partial charge in [0.2, 0.25) is 0 Å². The summed E-state index contributed by atoms with van der Waals surface area (Å²) in [6, 6.07) is 15.1. The van der Waals surface area contributed by atoms with E-state index in [9.17, 15) is 18.8 Å². The number of anilines is 1. The third kappa shape index (κ3) is 6.80. The van der Waals surface area contributed by atoms with E-state index in [1.807, 2.05) is 30.3 Å². The molecule has 1 saturated heterocycles. The quantitative estimate of drug-likeness (QED) is 0.645. The molecule has 170 valence electrons. The number of piperidine rings is 1. The summed E-state index contributed by atoms with van der Waals surface area (Å²) in [6.45, 7) is 2.78. The van der Waals surface area contributed by atoms with Crippen LogP contribution in [0.4, 0.5) is 14.9 Å². The molecule has 1 heterocycles. The molecule has 32 heavy (non-hydrogen) atoms. The molecule has 0 aliphatic carbocycles. The molecule has 1 unspecified atom stereocenters. The van der Waals surface area contributed by atoms with Gasteiger partial charge in [-0.05, 0) is 56.0 Å². The highest BCUT2D eigenvalue weighted by atomic mass is 19.1. The fourth-order valence-corrected chi connectivity index (χ4v) is 3.49. The molecule has 2 N–H and O–H groups in total. The first-order valence-corrected chi connectivity index (χ1v) is 10.8. The van der Waals surface area contributed by atoms with E-state index < -0.39 is 12.1 Å². The number of likely N-dealkylation sites (tertiary alicyclic amines) is 1. The highest BCUT2D eigenvalue weighted by molar-refractivity contribution is 5.89. The van der Waals surface area contributed by atoms with E-state index in [0.717, 1.165) is 11.3 Å². The van der Waals surface area contributed by atoms with E-state index in [0.29, 0.717) is 38.9 Å². The number of hydrogen-bond donors (Lipinski definition) is 2. The first-order chi connectivity index (χ1) is 15.4. The van der Waals surface area contributed by atoms with Gasteiger partial charge in [-0.1, -0.05) is 30.3 Å². The molecule has 1 aliphatic rings. The van der Waals surface area contributed by atoms with E-state index >= 15 is 0 Å². The van der Waals surface area contributed by atoms with Crippen molar-refractivity contribution >= 4 is 23.6 Å². The summed E-state index contributed by atoms with van der Waals surface area (Å²) >= 11 is 0. The zero-order valence-electron chi connectivity index (χ0n) is 18.1. The van der Waals surface area contributed by atoms with Crippen LogP contribution < -0.4 is 10.6 Å². The molecular weight excluding hydrogens is 413 g/mol. The van der Waals surface area contributed by atoms with E-state index in [1.165, 1.54) is 19.1 Å². The Balaban J connectivity index is 1.36. The molecule has 3 rings (SSSR count). The van der Waals surface area contributed by atoms with Crippen molar-refractivity contribution in [2.45, 2.75) is 32.3 Å². The minimum Gasteiger partial charge on any atom is -0.452 e. The number of benzene rings is 2. The lowest BCUT2D eigenvalue weighted by molar-refractivity contribution is -0.159. The minimum absolute atomic E-state index is 0.197. The number of ether oxygens (including phenoxy) is 1. The first-order valence-electron chi connectivity index (χ1n) is 10.8. The zero-order valence-corrected chi connectivity index (χ0v) is 18.1. The predicted octanol–water partition coefficient (Wildman–Crippen LogP) is 3.36. The largest absolute Gasteiger partial charge is 0.452 e. The Morgan fingerprint density at radius 2 is 1.72 bits per heavy atom. The van der Waals surface area contributed by atoms with Crippen LogP contribution >= 0.6 is 0 Å². The van der Waals surface area contributed by atoms with Gasteiger partial charge >= 0.3 is 12.0 Å². The molecule has 7 nitrogen and oxygen atoms in total. The van der Waals surface area contributed by atoms with Gasteiger partial charge in [-0.3, -0.25) is 9.59 Å². The fraction of sp³-hybridized carbons (Fsp3) is 0.375. The number of rotatable bonds is 7. The van der Waals surface area contributed by atoms with Crippen molar-refractivity contribution in [1.82, 2.24) is 10.2 Å². The molecule has 1 atom stereocenters.